The van der Waals surface area contributed by atoms with Gasteiger partial charge in [0.2, 0.25) is 0 Å². The van der Waals surface area contributed by atoms with Gasteiger partial charge in [0.1, 0.15) is 0 Å². The van der Waals surface area contributed by atoms with Gasteiger partial charge < -0.3 is 9.84 Å². The van der Waals surface area contributed by atoms with E-state index in [1.807, 2.05) is 0 Å². The van der Waals surface area contributed by atoms with Crippen LogP contribution in [0.15, 0.2) is 22.7 Å². The Labute approximate surface area is 120 Å². The molecule has 1 aromatic carbocycles. The Hall–Kier alpha value is -0.790. The molecule has 0 saturated carbocycles. The van der Waals surface area contributed by atoms with Crippen LogP contribution in [-0.4, -0.2) is 23.9 Å². The molecule has 106 valence electrons. The molecule has 1 rings (SSSR count). The van der Waals surface area contributed by atoms with Crippen molar-refractivity contribution in [2.45, 2.75) is 18.7 Å². The Morgan fingerprint density at radius 3 is 2.42 bits per heavy atom. The molecule has 0 aliphatic heterocycles. The number of alkyl halides is 3. The van der Waals surface area contributed by atoms with E-state index in [-0.39, 0.29) is 16.1 Å². The molecule has 0 fully saturated rings. The highest BCUT2D eigenvalue weighted by molar-refractivity contribution is 9.10. The average molecular weight is 362 g/mol. The van der Waals surface area contributed by atoms with Gasteiger partial charge in [0.15, 0.2) is 0 Å². The lowest BCUT2D eigenvalue weighted by atomic mass is 9.93. The van der Waals surface area contributed by atoms with Crippen LogP contribution in [0.25, 0.3) is 0 Å². The standard InChI is InChI=1S/C11H9BrClF3O3/c1-2-19-9(17)10(18,11(14,15)16)6-3-7(12)5-8(13)4-6/h3-5,18H,2H2,1H3/t10-/m0/s1. The molecule has 1 atom stereocenters. The maximum Gasteiger partial charge on any atom is 0.432 e. The van der Waals surface area contributed by atoms with Crippen molar-refractivity contribution in [2.24, 2.45) is 0 Å². The van der Waals surface area contributed by atoms with Crippen LogP contribution in [0, 0.1) is 0 Å². The lowest BCUT2D eigenvalue weighted by Gasteiger charge is -2.28. The number of aliphatic hydroxyl groups is 1. The molecule has 1 N–H and O–H groups in total. The van der Waals surface area contributed by atoms with Crippen LogP contribution in [0.3, 0.4) is 0 Å². The summed E-state index contributed by atoms with van der Waals surface area (Å²) in [7, 11) is 0. The van der Waals surface area contributed by atoms with Crippen molar-refractivity contribution in [1.82, 2.24) is 0 Å². The second kappa shape index (κ2) is 5.68. The largest absolute Gasteiger partial charge is 0.463 e. The molecule has 0 saturated heterocycles. The van der Waals surface area contributed by atoms with Crippen LogP contribution >= 0.6 is 27.5 Å². The summed E-state index contributed by atoms with van der Waals surface area (Å²) in [5.74, 6) is -1.79. The number of benzene rings is 1. The molecule has 0 aliphatic rings. The van der Waals surface area contributed by atoms with E-state index in [2.05, 4.69) is 20.7 Å². The number of rotatable bonds is 3. The summed E-state index contributed by atoms with van der Waals surface area (Å²) in [4.78, 5) is 11.5. The third kappa shape index (κ3) is 3.21. The molecule has 8 heteroatoms. The second-order valence-corrected chi connectivity index (χ2v) is 4.94. The van der Waals surface area contributed by atoms with Gasteiger partial charge in [0.05, 0.1) is 6.61 Å². The van der Waals surface area contributed by atoms with Crippen molar-refractivity contribution >= 4 is 33.5 Å². The SMILES string of the molecule is CCOC(=O)[C@@](O)(c1cc(Cl)cc(Br)c1)C(F)(F)F. The Kier molecular flexibility index (Phi) is 4.86. The fourth-order valence-electron chi connectivity index (χ4n) is 1.40. The fourth-order valence-corrected chi connectivity index (χ4v) is 2.26. The number of carbonyl (C=O) groups is 1. The summed E-state index contributed by atoms with van der Waals surface area (Å²) in [5, 5.41) is 9.73. The minimum Gasteiger partial charge on any atom is -0.463 e. The first-order valence-corrected chi connectivity index (χ1v) is 6.23. The van der Waals surface area contributed by atoms with Gasteiger partial charge in [0.25, 0.3) is 5.60 Å². The zero-order valence-electron chi connectivity index (χ0n) is 9.59. The Morgan fingerprint density at radius 1 is 1.42 bits per heavy atom. The maximum atomic E-state index is 13.0. The van der Waals surface area contributed by atoms with Gasteiger partial charge in [-0.15, -0.1) is 0 Å². The molecule has 0 aliphatic carbocycles. The van der Waals surface area contributed by atoms with E-state index >= 15 is 0 Å². The number of hydrogen-bond donors (Lipinski definition) is 1. The zero-order valence-corrected chi connectivity index (χ0v) is 11.9. The zero-order chi connectivity index (χ0) is 14.8. The summed E-state index contributed by atoms with van der Waals surface area (Å²) < 4.78 is 43.6. The average Bonchev–Trinajstić information content (AvgIpc) is 2.25. The van der Waals surface area contributed by atoms with Crippen LogP contribution < -0.4 is 0 Å². The van der Waals surface area contributed by atoms with Crippen molar-refractivity contribution < 1.29 is 27.8 Å². The molecule has 3 nitrogen and oxygen atoms in total. The first kappa shape index (κ1) is 16.3. The molecule has 1 aromatic rings. The van der Waals surface area contributed by atoms with Crippen molar-refractivity contribution in [3.05, 3.63) is 33.3 Å². The molecule has 0 amide bonds. The van der Waals surface area contributed by atoms with E-state index < -0.39 is 23.3 Å². The van der Waals surface area contributed by atoms with E-state index in [0.717, 1.165) is 12.1 Å². The van der Waals surface area contributed by atoms with Gasteiger partial charge in [-0.05, 0) is 25.1 Å². The Balaban J connectivity index is 3.44. The van der Waals surface area contributed by atoms with Crippen LogP contribution in [0.1, 0.15) is 12.5 Å². The van der Waals surface area contributed by atoms with Gasteiger partial charge >= 0.3 is 12.1 Å². The van der Waals surface area contributed by atoms with E-state index in [1.54, 1.807) is 0 Å². The maximum absolute atomic E-state index is 13.0. The van der Waals surface area contributed by atoms with Gasteiger partial charge in [-0.2, -0.15) is 13.2 Å². The third-order valence-electron chi connectivity index (χ3n) is 2.26. The molecular formula is C11H9BrClF3O3. The Bertz CT molecular complexity index is 472. The van der Waals surface area contributed by atoms with Gasteiger partial charge in [-0.3, -0.25) is 0 Å². The number of ether oxygens (including phenoxy) is 1. The van der Waals surface area contributed by atoms with Crippen LogP contribution in [0.5, 0.6) is 0 Å². The van der Waals surface area contributed by atoms with Crippen LogP contribution in [0.2, 0.25) is 5.02 Å². The first-order chi connectivity index (χ1) is 8.62. The van der Waals surface area contributed by atoms with Crippen molar-refractivity contribution in [3.8, 4) is 0 Å². The summed E-state index contributed by atoms with van der Waals surface area (Å²) in [5.41, 5.74) is -4.46. The number of hydrogen-bond acceptors (Lipinski definition) is 3. The van der Waals surface area contributed by atoms with Crippen molar-refractivity contribution in [2.75, 3.05) is 6.61 Å². The Morgan fingerprint density at radius 2 is 2.00 bits per heavy atom. The number of halogens is 5. The summed E-state index contributed by atoms with van der Waals surface area (Å²) in [6.45, 7) is 1.04. The second-order valence-electron chi connectivity index (χ2n) is 3.59. The highest BCUT2D eigenvalue weighted by Crippen LogP contribution is 2.41. The third-order valence-corrected chi connectivity index (χ3v) is 2.94. The number of esters is 1. The van der Waals surface area contributed by atoms with Crippen LogP contribution in [-0.2, 0) is 15.1 Å². The first-order valence-electron chi connectivity index (χ1n) is 5.05. The lowest BCUT2D eigenvalue weighted by molar-refractivity contribution is -0.267. The van der Waals surface area contributed by atoms with E-state index in [0.29, 0.717) is 0 Å². The molecule has 0 aromatic heterocycles. The van der Waals surface area contributed by atoms with Gasteiger partial charge in [-0.1, -0.05) is 27.5 Å². The molecule has 0 bridgehead atoms. The molecular weight excluding hydrogens is 352 g/mol. The fraction of sp³-hybridized carbons (Fsp3) is 0.364. The summed E-state index contributed by atoms with van der Waals surface area (Å²) in [6.07, 6.45) is -5.23. The lowest BCUT2D eigenvalue weighted by Crippen LogP contribution is -2.50. The summed E-state index contributed by atoms with van der Waals surface area (Å²) in [6, 6.07) is 3.14. The minimum absolute atomic E-state index is 0.0589. The summed E-state index contributed by atoms with van der Waals surface area (Å²) >= 11 is 8.57. The number of carbonyl (C=O) groups excluding carboxylic acids is 1. The van der Waals surface area contributed by atoms with E-state index in [1.165, 1.54) is 13.0 Å². The molecule has 0 spiro atoms. The molecule has 0 unspecified atom stereocenters. The smallest absolute Gasteiger partial charge is 0.432 e. The van der Waals surface area contributed by atoms with E-state index in [9.17, 15) is 23.1 Å². The normalized spacial score (nSPS) is 14.9. The monoisotopic (exact) mass is 360 g/mol. The van der Waals surface area contributed by atoms with Crippen molar-refractivity contribution in [1.29, 1.82) is 0 Å². The molecule has 0 heterocycles. The highest BCUT2D eigenvalue weighted by atomic mass is 79.9. The van der Waals surface area contributed by atoms with Crippen LogP contribution in [0.4, 0.5) is 13.2 Å². The predicted octanol–water partition coefficient (Wildman–Crippen LogP) is 3.42. The van der Waals surface area contributed by atoms with Crippen molar-refractivity contribution in [3.63, 3.8) is 0 Å². The highest BCUT2D eigenvalue weighted by Gasteiger charge is 2.62. The molecule has 0 radical (unpaired) electrons. The van der Waals surface area contributed by atoms with E-state index in [4.69, 9.17) is 11.6 Å². The van der Waals surface area contributed by atoms with Gasteiger partial charge in [0, 0.05) is 15.1 Å². The van der Waals surface area contributed by atoms with Gasteiger partial charge in [-0.25, -0.2) is 4.79 Å². The predicted molar refractivity (Wildman–Crippen MR) is 65.7 cm³/mol. The molecule has 19 heavy (non-hydrogen) atoms. The minimum atomic E-state index is -5.23. The topological polar surface area (TPSA) is 46.5 Å². The quantitative estimate of drug-likeness (QED) is 0.839.